The number of rotatable bonds is 5. The zero-order valence-electron chi connectivity index (χ0n) is 16.9. The van der Waals surface area contributed by atoms with E-state index < -0.39 is 24.2 Å². The van der Waals surface area contributed by atoms with Gasteiger partial charge in [-0.05, 0) is 44.5 Å². The normalized spacial score (nSPS) is 20.0. The maximum absolute atomic E-state index is 11.8. The monoisotopic (exact) mass is 460 g/mol. The number of nitrogens with zero attached hydrogens (tertiary/aromatic N) is 2. The highest BCUT2D eigenvalue weighted by Crippen LogP contribution is 2.27. The first kappa shape index (κ1) is 25.0. The molecule has 2 amide bonds. The minimum atomic E-state index is -5.08. The quantitative estimate of drug-likeness (QED) is 0.476. The number of amides is 2. The van der Waals surface area contributed by atoms with E-state index in [0.29, 0.717) is 18.8 Å². The van der Waals surface area contributed by atoms with Crippen LogP contribution in [0.3, 0.4) is 0 Å². The molecule has 4 N–H and O–H groups in total. The number of carboxylic acid groups (broad SMARTS) is 2. The van der Waals surface area contributed by atoms with Gasteiger partial charge >= 0.3 is 18.1 Å². The van der Waals surface area contributed by atoms with E-state index in [9.17, 15) is 27.6 Å². The Kier molecular flexibility index (Phi) is 8.52. The molecule has 2 aliphatic rings. The molecule has 2 saturated heterocycles. The molecule has 1 aromatic heterocycles. The fourth-order valence-corrected chi connectivity index (χ4v) is 3.34. The van der Waals surface area contributed by atoms with Crippen molar-refractivity contribution >= 4 is 29.4 Å². The van der Waals surface area contributed by atoms with E-state index in [2.05, 4.69) is 15.6 Å². The van der Waals surface area contributed by atoms with Crippen molar-refractivity contribution in [3.05, 3.63) is 24.0 Å². The first-order chi connectivity index (χ1) is 15.0. The van der Waals surface area contributed by atoms with Crippen molar-refractivity contribution in [2.24, 2.45) is 0 Å². The molecule has 3 rings (SSSR count). The second kappa shape index (κ2) is 10.9. The van der Waals surface area contributed by atoms with Gasteiger partial charge in [-0.25, -0.2) is 4.79 Å². The molecular weight excluding hydrogens is 437 g/mol. The van der Waals surface area contributed by atoms with Gasteiger partial charge in [0.15, 0.2) is 0 Å². The molecule has 1 atom stereocenters. The number of nitrogens with one attached hydrogen (secondary N) is 2. The van der Waals surface area contributed by atoms with Crippen molar-refractivity contribution in [2.45, 2.75) is 43.8 Å². The van der Waals surface area contributed by atoms with Crippen molar-refractivity contribution in [1.82, 2.24) is 15.2 Å². The maximum Gasteiger partial charge on any atom is 0.490 e. The minimum absolute atomic E-state index is 0.0922. The summed E-state index contributed by atoms with van der Waals surface area (Å²) < 4.78 is 31.7. The predicted octanol–water partition coefficient (Wildman–Crippen LogP) is 1.20. The number of anilines is 1. The Morgan fingerprint density at radius 2 is 1.78 bits per heavy atom. The van der Waals surface area contributed by atoms with Crippen molar-refractivity contribution < 1.29 is 42.6 Å². The summed E-state index contributed by atoms with van der Waals surface area (Å²) in [5.41, 5.74) is 1.74. The van der Waals surface area contributed by atoms with Crippen LogP contribution in [0.25, 0.3) is 0 Å². The first-order valence-electron chi connectivity index (χ1n) is 9.76. The molecule has 0 spiro atoms. The number of likely N-dealkylation sites (tertiary alicyclic amines) is 1. The Morgan fingerprint density at radius 3 is 2.25 bits per heavy atom. The average Bonchev–Trinajstić information content (AvgIpc) is 2.71. The van der Waals surface area contributed by atoms with Crippen LogP contribution in [-0.2, 0) is 19.2 Å². The van der Waals surface area contributed by atoms with Crippen LogP contribution in [-0.4, -0.2) is 75.7 Å². The minimum Gasteiger partial charge on any atom is -0.480 e. The van der Waals surface area contributed by atoms with Gasteiger partial charge in [-0.2, -0.15) is 13.2 Å². The van der Waals surface area contributed by atoms with Crippen molar-refractivity contribution in [3.63, 3.8) is 0 Å². The van der Waals surface area contributed by atoms with E-state index in [1.807, 2.05) is 17.0 Å². The fourth-order valence-electron chi connectivity index (χ4n) is 3.34. The number of halogens is 3. The lowest BCUT2D eigenvalue weighted by molar-refractivity contribution is -0.192. The summed E-state index contributed by atoms with van der Waals surface area (Å²) in [6.07, 6.45) is -0.776. The molecule has 0 aromatic carbocycles. The summed E-state index contributed by atoms with van der Waals surface area (Å²) in [4.78, 5) is 49.0. The van der Waals surface area contributed by atoms with Crippen LogP contribution >= 0.6 is 0 Å². The fraction of sp³-hybridized carbons (Fsp3) is 0.526. The van der Waals surface area contributed by atoms with Gasteiger partial charge in [0.2, 0.25) is 11.8 Å². The van der Waals surface area contributed by atoms with E-state index in [1.165, 1.54) is 0 Å². The molecule has 2 aliphatic heterocycles. The van der Waals surface area contributed by atoms with E-state index in [0.717, 1.165) is 37.3 Å². The molecule has 2 fully saturated rings. The largest absolute Gasteiger partial charge is 0.490 e. The van der Waals surface area contributed by atoms with Crippen LogP contribution < -0.4 is 10.6 Å². The predicted molar refractivity (Wildman–Crippen MR) is 104 cm³/mol. The summed E-state index contributed by atoms with van der Waals surface area (Å²) in [5.74, 6) is -3.75. The number of aliphatic carboxylic acids is 2. The SMILES string of the molecule is O=C(O)C(F)(F)F.O=C(O)CN1CCC(c2ccc(NC3CCC(=O)NC3=O)cn2)CC1. The van der Waals surface area contributed by atoms with Gasteiger partial charge in [-0.3, -0.25) is 29.6 Å². The molecule has 0 aliphatic carbocycles. The highest BCUT2D eigenvalue weighted by molar-refractivity contribution is 6.01. The lowest BCUT2D eigenvalue weighted by atomic mass is 9.93. The number of carboxylic acids is 2. The first-order valence-corrected chi connectivity index (χ1v) is 9.76. The van der Waals surface area contributed by atoms with Crippen molar-refractivity contribution in [2.75, 3.05) is 25.0 Å². The molecule has 3 heterocycles. The smallest absolute Gasteiger partial charge is 0.480 e. The Morgan fingerprint density at radius 1 is 1.16 bits per heavy atom. The van der Waals surface area contributed by atoms with E-state index in [-0.39, 0.29) is 18.4 Å². The third kappa shape index (κ3) is 7.80. The van der Waals surface area contributed by atoms with E-state index in [1.54, 1.807) is 6.20 Å². The van der Waals surface area contributed by atoms with Gasteiger partial charge in [0.05, 0.1) is 18.4 Å². The van der Waals surface area contributed by atoms with E-state index in [4.69, 9.17) is 15.0 Å². The lowest BCUT2D eigenvalue weighted by Gasteiger charge is -2.30. The Labute approximate surface area is 180 Å². The number of alkyl halides is 3. The summed E-state index contributed by atoms with van der Waals surface area (Å²) in [6, 6.07) is 3.44. The number of imide groups is 1. The number of carbonyl (C=O) groups excluding carboxylic acids is 2. The van der Waals surface area contributed by atoms with Gasteiger partial charge in [0.1, 0.15) is 6.04 Å². The summed E-state index contributed by atoms with van der Waals surface area (Å²) >= 11 is 0. The maximum atomic E-state index is 11.8. The average molecular weight is 460 g/mol. The molecule has 0 bridgehead atoms. The van der Waals surface area contributed by atoms with Crippen molar-refractivity contribution in [3.8, 4) is 0 Å². The van der Waals surface area contributed by atoms with Crippen LogP contribution in [0.15, 0.2) is 18.3 Å². The molecule has 13 heteroatoms. The molecular formula is C19H23F3N4O6. The number of hydrogen-bond acceptors (Lipinski definition) is 7. The Bertz CT molecular complexity index is 838. The zero-order valence-corrected chi connectivity index (χ0v) is 16.9. The van der Waals surface area contributed by atoms with Gasteiger partial charge in [0, 0.05) is 18.0 Å². The summed E-state index contributed by atoms with van der Waals surface area (Å²) in [6.45, 7) is 1.61. The number of aromatic nitrogens is 1. The number of piperidine rings is 2. The summed E-state index contributed by atoms with van der Waals surface area (Å²) in [5, 5.41) is 21.4. The van der Waals surface area contributed by atoms with Crippen LogP contribution in [0.2, 0.25) is 0 Å². The number of carbonyl (C=O) groups is 4. The zero-order chi connectivity index (χ0) is 23.9. The van der Waals surface area contributed by atoms with Crippen LogP contribution in [0, 0.1) is 0 Å². The highest BCUT2D eigenvalue weighted by Gasteiger charge is 2.38. The topological polar surface area (TPSA) is 149 Å². The van der Waals surface area contributed by atoms with Gasteiger partial charge in [0.25, 0.3) is 0 Å². The third-order valence-electron chi connectivity index (χ3n) is 4.97. The molecule has 32 heavy (non-hydrogen) atoms. The number of hydrogen-bond donors (Lipinski definition) is 4. The molecule has 1 aromatic rings. The second-order valence-electron chi connectivity index (χ2n) is 7.37. The van der Waals surface area contributed by atoms with E-state index >= 15 is 0 Å². The van der Waals surface area contributed by atoms with Crippen LogP contribution in [0.4, 0.5) is 18.9 Å². The third-order valence-corrected chi connectivity index (χ3v) is 4.97. The molecule has 0 saturated carbocycles. The molecule has 1 unspecified atom stereocenters. The molecule has 176 valence electrons. The number of pyridine rings is 1. The van der Waals surface area contributed by atoms with Crippen LogP contribution in [0.5, 0.6) is 0 Å². The van der Waals surface area contributed by atoms with Gasteiger partial charge < -0.3 is 15.5 Å². The Hall–Kier alpha value is -3.22. The van der Waals surface area contributed by atoms with Crippen LogP contribution in [0.1, 0.15) is 37.3 Å². The summed E-state index contributed by atoms with van der Waals surface area (Å²) in [7, 11) is 0. The Balaban J connectivity index is 0.000000451. The molecule has 10 nitrogen and oxygen atoms in total. The standard InChI is InChI=1S/C17H22N4O4.C2HF3O2/c22-15-4-3-14(17(25)20-15)19-12-1-2-13(18-9-12)11-5-7-21(8-6-11)10-16(23)24;3-2(4,5)1(6)7/h1-2,9,11,14,19H,3-8,10H2,(H,23,24)(H,20,22,25);(H,6,7). The van der Waals surface area contributed by atoms with Gasteiger partial charge in [-0.15, -0.1) is 0 Å². The van der Waals surface area contributed by atoms with Gasteiger partial charge in [-0.1, -0.05) is 0 Å². The second-order valence-corrected chi connectivity index (χ2v) is 7.37. The lowest BCUT2D eigenvalue weighted by Crippen LogP contribution is -2.47. The molecule has 0 radical (unpaired) electrons. The highest BCUT2D eigenvalue weighted by atomic mass is 19.4. The van der Waals surface area contributed by atoms with Crippen molar-refractivity contribution in [1.29, 1.82) is 0 Å².